The van der Waals surface area contributed by atoms with Crippen molar-refractivity contribution in [1.29, 1.82) is 0 Å². The maximum absolute atomic E-state index is 13.2. The molecule has 1 amide bonds. The number of carbonyl (C=O) groups excluding carboxylic acids is 1. The van der Waals surface area contributed by atoms with E-state index >= 15 is 0 Å². The van der Waals surface area contributed by atoms with Gasteiger partial charge in [-0.1, -0.05) is 36.3 Å². The quantitative estimate of drug-likeness (QED) is 0.691. The normalized spacial score (nSPS) is 19.2. The molecular weight excluding hydrogens is 429 g/mol. The Kier molecular flexibility index (Phi) is 6.47. The number of anilines is 1. The van der Waals surface area contributed by atoms with Crippen LogP contribution in [-0.4, -0.2) is 42.8 Å². The highest BCUT2D eigenvalue weighted by Gasteiger charge is 2.30. The zero-order valence-electron chi connectivity index (χ0n) is 16.4. The molecule has 30 heavy (non-hydrogen) atoms. The fourth-order valence-electron chi connectivity index (χ4n) is 3.88. The molecule has 1 aromatic heterocycles. The molecule has 0 bridgehead atoms. The molecular formula is C20H24FN3O4S2. The Labute approximate surface area is 179 Å². The summed E-state index contributed by atoms with van der Waals surface area (Å²) < 4.78 is 46.3. The number of benzene rings is 1. The fraction of sp³-hybridized carbons (Fsp3) is 0.500. The Bertz CT molecular complexity index is 982. The first-order valence-electron chi connectivity index (χ1n) is 10.1. The van der Waals surface area contributed by atoms with Crippen molar-refractivity contribution >= 4 is 32.4 Å². The van der Waals surface area contributed by atoms with Crippen LogP contribution in [0, 0.1) is 5.13 Å². The van der Waals surface area contributed by atoms with Crippen molar-refractivity contribution in [2.45, 2.75) is 55.6 Å². The maximum Gasteiger partial charge on any atom is 0.259 e. The third-order valence-corrected chi connectivity index (χ3v) is 8.08. The van der Waals surface area contributed by atoms with E-state index in [1.54, 1.807) is 12.1 Å². The van der Waals surface area contributed by atoms with E-state index in [1.165, 1.54) is 16.4 Å². The second-order valence-electron chi connectivity index (χ2n) is 7.56. The van der Waals surface area contributed by atoms with Gasteiger partial charge in [-0.25, -0.2) is 13.4 Å². The number of rotatable bonds is 7. The van der Waals surface area contributed by atoms with E-state index < -0.39 is 27.2 Å². The van der Waals surface area contributed by atoms with Crippen molar-refractivity contribution in [1.82, 2.24) is 9.29 Å². The van der Waals surface area contributed by atoms with Crippen LogP contribution < -0.4 is 5.32 Å². The Balaban J connectivity index is 1.55. The van der Waals surface area contributed by atoms with Gasteiger partial charge in [0.25, 0.3) is 5.91 Å². The number of aromatic nitrogens is 1. The SMILES string of the molecule is O=C(Nc1ncc(F)s1)C(OC1CCCC1)c1ccc(S(=O)(=O)N2CCCC2)cc1. The molecule has 0 spiro atoms. The summed E-state index contributed by atoms with van der Waals surface area (Å²) in [5.74, 6) is -0.452. The first-order chi connectivity index (χ1) is 14.4. The topological polar surface area (TPSA) is 88.6 Å². The predicted molar refractivity (Wildman–Crippen MR) is 111 cm³/mol. The van der Waals surface area contributed by atoms with Crippen molar-refractivity contribution in [3.05, 3.63) is 41.2 Å². The molecule has 1 saturated carbocycles. The minimum Gasteiger partial charge on any atom is -0.360 e. The van der Waals surface area contributed by atoms with Crippen molar-refractivity contribution in [3.8, 4) is 0 Å². The van der Waals surface area contributed by atoms with Crippen LogP contribution in [0.4, 0.5) is 9.52 Å². The van der Waals surface area contributed by atoms with Crippen LogP contribution in [0.3, 0.4) is 0 Å². The van der Waals surface area contributed by atoms with E-state index in [0.29, 0.717) is 18.7 Å². The number of thiazole rings is 1. The van der Waals surface area contributed by atoms with Crippen molar-refractivity contribution in [2.75, 3.05) is 18.4 Å². The second-order valence-corrected chi connectivity index (χ2v) is 10.5. The molecule has 1 aliphatic heterocycles. The minimum absolute atomic E-state index is 0.0400. The van der Waals surface area contributed by atoms with Gasteiger partial charge in [0.05, 0.1) is 17.2 Å². The summed E-state index contributed by atoms with van der Waals surface area (Å²) in [7, 11) is -3.53. The van der Waals surface area contributed by atoms with Gasteiger partial charge in [-0.2, -0.15) is 8.70 Å². The molecule has 1 aromatic carbocycles. The Morgan fingerprint density at radius 2 is 1.83 bits per heavy atom. The molecule has 2 heterocycles. The van der Waals surface area contributed by atoms with E-state index in [-0.39, 0.29) is 16.1 Å². The van der Waals surface area contributed by atoms with Crippen LogP contribution in [-0.2, 0) is 19.6 Å². The zero-order chi connectivity index (χ0) is 21.1. The highest BCUT2D eigenvalue weighted by Crippen LogP contribution is 2.30. The van der Waals surface area contributed by atoms with Gasteiger partial charge in [-0.3, -0.25) is 10.1 Å². The molecule has 1 saturated heterocycles. The van der Waals surface area contributed by atoms with Crippen LogP contribution in [0.5, 0.6) is 0 Å². The molecule has 2 aromatic rings. The number of hydrogen-bond donors (Lipinski definition) is 1. The summed E-state index contributed by atoms with van der Waals surface area (Å²) in [6.45, 7) is 1.06. The number of ether oxygens (including phenoxy) is 1. The molecule has 10 heteroatoms. The Hall–Kier alpha value is -1.88. The van der Waals surface area contributed by atoms with Gasteiger partial charge in [-0.15, -0.1) is 0 Å². The van der Waals surface area contributed by atoms with Gasteiger partial charge in [0.1, 0.15) is 0 Å². The number of halogens is 1. The third-order valence-electron chi connectivity index (χ3n) is 5.46. The monoisotopic (exact) mass is 453 g/mol. The summed E-state index contributed by atoms with van der Waals surface area (Å²) in [5.41, 5.74) is 0.553. The molecule has 0 radical (unpaired) electrons. The summed E-state index contributed by atoms with van der Waals surface area (Å²) in [5, 5.41) is 2.27. The highest BCUT2D eigenvalue weighted by atomic mass is 32.2. The molecule has 2 aliphatic rings. The van der Waals surface area contributed by atoms with E-state index in [9.17, 15) is 17.6 Å². The van der Waals surface area contributed by atoms with Gasteiger partial charge >= 0.3 is 0 Å². The zero-order valence-corrected chi connectivity index (χ0v) is 18.1. The number of sulfonamides is 1. The molecule has 7 nitrogen and oxygen atoms in total. The Morgan fingerprint density at radius 3 is 2.43 bits per heavy atom. The minimum atomic E-state index is -3.53. The summed E-state index contributed by atoms with van der Waals surface area (Å²) >= 11 is 0.741. The lowest BCUT2D eigenvalue weighted by Gasteiger charge is -2.22. The van der Waals surface area contributed by atoms with Crippen LogP contribution in [0.25, 0.3) is 0 Å². The maximum atomic E-state index is 13.2. The molecule has 1 N–H and O–H groups in total. The first kappa shape index (κ1) is 21.4. The average Bonchev–Trinajstić information content (AvgIpc) is 3.50. The van der Waals surface area contributed by atoms with Crippen LogP contribution in [0.2, 0.25) is 0 Å². The van der Waals surface area contributed by atoms with Gasteiger partial charge in [0.15, 0.2) is 16.4 Å². The lowest BCUT2D eigenvalue weighted by atomic mass is 10.1. The number of hydrogen-bond acceptors (Lipinski definition) is 6. The highest BCUT2D eigenvalue weighted by molar-refractivity contribution is 7.89. The van der Waals surface area contributed by atoms with Crippen LogP contribution in [0.15, 0.2) is 35.4 Å². The molecule has 162 valence electrons. The predicted octanol–water partition coefficient (Wildman–Crippen LogP) is 3.71. The lowest BCUT2D eigenvalue weighted by Crippen LogP contribution is -2.28. The molecule has 1 aliphatic carbocycles. The standard InChI is InChI=1S/C20H24FN3O4S2/c21-17-13-22-20(29-17)23-19(25)18(28-15-5-1-2-6-15)14-7-9-16(10-8-14)30(26,27)24-11-3-4-12-24/h7-10,13,15,18H,1-6,11-12H2,(H,22,23,25). The van der Waals surface area contributed by atoms with E-state index in [0.717, 1.165) is 56.1 Å². The average molecular weight is 454 g/mol. The van der Waals surface area contributed by atoms with Crippen LogP contribution in [0.1, 0.15) is 50.2 Å². The summed E-state index contributed by atoms with van der Waals surface area (Å²) in [6, 6.07) is 6.27. The molecule has 1 unspecified atom stereocenters. The van der Waals surface area contributed by atoms with Gasteiger partial charge < -0.3 is 4.74 Å². The van der Waals surface area contributed by atoms with E-state index in [2.05, 4.69) is 10.3 Å². The number of carbonyl (C=O) groups is 1. The molecule has 2 fully saturated rings. The van der Waals surface area contributed by atoms with Gasteiger partial charge in [0, 0.05) is 13.1 Å². The van der Waals surface area contributed by atoms with E-state index in [1.807, 2.05) is 0 Å². The second kappa shape index (κ2) is 9.09. The first-order valence-corrected chi connectivity index (χ1v) is 12.4. The smallest absolute Gasteiger partial charge is 0.259 e. The number of nitrogens with one attached hydrogen (secondary N) is 1. The largest absolute Gasteiger partial charge is 0.360 e. The van der Waals surface area contributed by atoms with Crippen molar-refractivity contribution < 1.29 is 22.3 Å². The molecule has 1 atom stereocenters. The van der Waals surface area contributed by atoms with Gasteiger partial charge in [-0.05, 0) is 43.4 Å². The van der Waals surface area contributed by atoms with Gasteiger partial charge in [0.2, 0.25) is 10.0 Å². The van der Waals surface area contributed by atoms with E-state index in [4.69, 9.17) is 4.74 Å². The van der Waals surface area contributed by atoms with Crippen molar-refractivity contribution in [3.63, 3.8) is 0 Å². The summed E-state index contributed by atoms with van der Waals surface area (Å²) in [4.78, 5) is 16.9. The number of amides is 1. The van der Waals surface area contributed by atoms with Crippen molar-refractivity contribution in [2.24, 2.45) is 0 Å². The van der Waals surface area contributed by atoms with Crippen LogP contribution >= 0.6 is 11.3 Å². The Morgan fingerprint density at radius 1 is 1.17 bits per heavy atom. The number of nitrogens with zero attached hydrogens (tertiary/aromatic N) is 2. The third kappa shape index (κ3) is 4.72. The molecule has 4 rings (SSSR count). The fourth-order valence-corrected chi connectivity index (χ4v) is 5.95. The summed E-state index contributed by atoms with van der Waals surface area (Å²) in [6.07, 6.45) is 5.65. The lowest BCUT2D eigenvalue weighted by molar-refractivity contribution is -0.131.